The Bertz CT molecular complexity index is 891. The average Bonchev–Trinajstić information content (AvgIpc) is 2.76. The number of hydrogen-bond acceptors (Lipinski definition) is 4. The van der Waals surface area contributed by atoms with E-state index in [0.717, 1.165) is 29.2 Å². The summed E-state index contributed by atoms with van der Waals surface area (Å²) in [5.74, 6) is 2.35. The fraction of sp³-hybridized carbons (Fsp3) is 0.391. The van der Waals surface area contributed by atoms with Crippen LogP contribution in [0.1, 0.15) is 18.9 Å². The highest BCUT2D eigenvalue weighted by Crippen LogP contribution is 2.31. The number of amides is 1. The number of nitrogens with one attached hydrogen (secondary N) is 2. The van der Waals surface area contributed by atoms with Gasteiger partial charge in [-0.1, -0.05) is 30.3 Å². The monoisotopic (exact) mass is 538 g/mol. The molecule has 3 rings (SSSR count). The van der Waals surface area contributed by atoms with Gasteiger partial charge in [0.15, 0.2) is 12.6 Å². The highest BCUT2D eigenvalue weighted by Gasteiger charge is 2.24. The van der Waals surface area contributed by atoms with Gasteiger partial charge in [-0.25, -0.2) is 0 Å². The Morgan fingerprint density at radius 3 is 2.71 bits per heavy atom. The van der Waals surface area contributed by atoms with Crippen molar-refractivity contribution in [1.82, 2.24) is 10.6 Å². The Morgan fingerprint density at radius 2 is 1.94 bits per heavy atom. The lowest BCUT2D eigenvalue weighted by Gasteiger charge is -2.29. The lowest BCUT2D eigenvalue weighted by atomic mass is 10.2. The number of aryl methyl sites for hydroxylation is 1. The van der Waals surface area contributed by atoms with Gasteiger partial charge in [-0.15, -0.1) is 24.0 Å². The van der Waals surface area contributed by atoms with Crippen LogP contribution >= 0.6 is 24.0 Å². The Morgan fingerprint density at radius 1 is 1.19 bits per heavy atom. The van der Waals surface area contributed by atoms with Crippen molar-refractivity contribution >= 4 is 41.5 Å². The number of rotatable bonds is 8. The summed E-state index contributed by atoms with van der Waals surface area (Å²) in [5.41, 5.74) is 1.95. The maximum Gasteiger partial charge on any atom is 0.265 e. The first-order valence-corrected chi connectivity index (χ1v) is 10.3. The van der Waals surface area contributed by atoms with Crippen molar-refractivity contribution in [1.29, 1.82) is 0 Å². The quantitative estimate of drug-likeness (QED) is 0.234. The molecule has 168 valence electrons. The zero-order chi connectivity index (χ0) is 21.3. The molecule has 1 aliphatic heterocycles. The van der Waals surface area contributed by atoms with Crippen molar-refractivity contribution in [2.45, 2.75) is 26.4 Å². The molecular formula is C23H31IN4O3. The van der Waals surface area contributed by atoms with E-state index in [0.29, 0.717) is 25.6 Å². The summed E-state index contributed by atoms with van der Waals surface area (Å²) < 4.78 is 11.5. The topological polar surface area (TPSA) is 75.2 Å². The zero-order valence-electron chi connectivity index (χ0n) is 18.3. The molecule has 1 amide bonds. The molecule has 7 nitrogen and oxygen atoms in total. The molecule has 0 aromatic heterocycles. The first-order chi connectivity index (χ1) is 14.6. The standard InChI is InChI=1S/C23H30N4O3.HI/c1-17-9-4-6-11-20(17)30-18(2)15-26-23(24-3)25-13-8-14-27-19-10-5-7-12-21(19)29-16-22(27)28;/h4-7,9-12,18H,8,13-16H2,1-3H3,(H2,24,25,26);1H. The molecular weight excluding hydrogens is 507 g/mol. The first kappa shape index (κ1) is 24.8. The molecule has 1 heterocycles. The van der Waals surface area contributed by atoms with Gasteiger partial charge in [0.25, 0.3) is 5.91 Å². The summed E-state index contributed by atoms with van der Waals surface area (Å²) in [6, 6.07) is 15.6. The van der Waals surface area contributed by atoms with Gasteiger partial charge < -0.3 is 25.0 Å². The predicted octanol–water partition coefficient (Wildman–Crippen LogP) is 3.36. The average molecular weight is 538 g/mol. The van der Waals surface area contributed by atoms with Gasteiger partial charge in [0.1, 0.15) is 17.6 Å². The van der Waals surface area contributed by atoms with Gasteiger partial charge in [-0.3, -0.25) is 9.79 Å². The van der Waals surface area contributed by atoms with Gasteiger partial charge in [0, 0.05) is 20.1 Å². The fourth-order valence-electron chi connectivity index (χ4n) is 3.25. The lowest BCUT2D eigenvalue weighted by Crippen LogP contribution is -2.43. The third-order valence-electron chi connectivity index (χ3n) is 4.86. The van der Waals surface area contributed by atoms with Crippen LogP contribution in [-0.4, -0.2) is 51.3 Å². The van der Waals surface area contributed by atoms with Crippen LogP contribution in [0, 0.1) is 6.92 Å². The third kappa shape index (κ3) is 7.02. The first-order valence-electron chi connectivity index (χ1n) is 10.3. The number of para-hydroxylation sites is 3. The number of hydrogen-bond donors (Lipinski definition) is 2. The predicted molar refractivity (Wildman–Crippen MR) is 135 cm³/mol. The van der Waals surface area contributed by atoms with E-state index in [-0.39, 0.29) is 42.6 Å². The molecule has 1 atom stereocenters. The molecule has 1 unspecified atom stereocenters. The summed E-state index contributed by atoms with van der Waals surface area (Å²) in [6.45, 7) is 6.09. The number of aliphatic imine (C=N–C) groups is 1. The van der Waals surface area contributed by atoms with E-state index in [1.54, 1.807) is 11.9 Å². The molecule has 1 aliphatic rings. The Hall–Kier alpha value is -2.49. The molecule has 8 heteroatoms. The number of anilines is 1. The minimum absolute atomic E-state index is 0. The summed E-state index contributed by atoms with van der Waals surface area (Å²) in [5, 5.41) is 6.58. The maximum absolute atomic E-state index is 12.2. The number of nitrogens with zero attached hydrogens (tertiary/aromatic N) is 2. The minimum atomic E-state index is -0.0154. The normalized spacial score (nSPS) is 14.1. The number of carbonyl (C=O) groups excluding carboxylic acids is 1. The van der Waals surface area contributed by atoms with E-state index in [2.05, 4.69) is 15.6 Å². The van der Waals surface area contributed by atoms with Crippen molar-refractivity contribution in [3.05, 3.63) is 54.1 Å². The van der Waals surface area contributed by atoms with Gasteiger partial charge in [-0.05, 0) is 44.0 Å². The van der Waals surface area contributed by atoms with Crippen molar-refractivity contribution in [2.75, 3.05) is 38.2 Å². The van der Waals surface area contributed by atoms with Crippen LogP contribution < -0.4 is 25.0 Å². The smallest absolute Gasteiger partial charge is 0.265 e. The highest BCUT2D eigenvalue weighted by atomic mass is 127. The van der Waals surface area contributed by atoms with Crippen LogP contribution in [-0.2, 0) is 4.79 Å². The van der Waals surface area contributed by atoms with E-state index in [1.165, 1.54) is 0 Å². The van der Waals surface area contributed by atoms with E-state index < -0.39 is 0 Å². The number of fused-ring (bicyclic) bond motifs is 1. The molecule has 0 spiro atoms. The Kier molecular flexibility index (Phi) is 9.90. The van der Waals surface area contributed by atoms with Crippen LogP contribution in [0.25, 0.3) is 0 Å². The van der Waals surface area contributed by atoms with Crippen molar-refractivity contribution in [3.63, 3.8) is 0 Å². The van der Waals surface area contributed by atoms with Gasteiger partial charge in [-0.2, -0.15) is 0 Å². The minimum Gasteiger partial charge on any atom is -0.489 e. The fourth-order valence-corrected chi connectivity index (χ4v) is 3.25. The Labute approximate surface area is 201 Å². The number of ether oxygens (including phenoxy) is 2. The molecule has 0 aliphatic carbocycles. The summed E-state index contributed by atoms with van der Waals surface area (Å²) in [7, 11) is 1.74. The second-order valence-electron chi connectivity index (χ2n) is 7.23. The van der Waals surface area contributed by atoms with Crippen molar-refractivity contribution < 1.29 is 14.3 Å². The SMILES string of the molecule is CN=C(NCCCN1C(=O)COc2ccccc21)NCC(C)Oc1ccccc1C.I. The lowest BCUT2D eigenvalue weighted by molar-refractivity contribution is -0.121. The summed E-state index contributed by atoms with van der Waals surface area (Å²) in [6.07, 6.45) is 0.780. The van der Waals surface area contributed by atoms with Gasteiger partial charge in [0.05, 0.1) is 12.2 Å². The number of guanidine groups is 1. The van der Waals surface area contributed by atoms with Crippen LogP contribution in [0.3, 0.4) is 0 Å². The molecule has 0 saturated heterocycles. The Balaban J connectivity index is 0.00000341. The largest absolute Gasteiger partial charge is 0.489 e. The number of carbonyl (C=O) groups is 1. The highest BCUT2D eigenvalue weighted by molar-refractivity contribution is 14.0. The summed E-state index contributed by atoms with van der Waals surface area (Å²) in [4.78, 5) is 18.3. The molecule has 0 bridgehead atoms. The van der Waals surface area contributed by atoms with Crippen molar-refractivity contribution in [3.8, 4) is 11.5 Å². The molecule has 0 radical (unpaired) electrons. The van der Waals surface area contributed by atoms with E-state index in [4.69, 9.17) is 9.47 Å². The van der Waals surface area contributed by atoms with E-state index in [1.807, 2.05) is 62.4 Å². The second-order valence-corrected chi connectivity index (χ2v) is 7.23. The van der Waals surface area contributed by atoms with Gasteiger partial charge in [0.2, 0.25) is 0 Å². The molecule has 2 N–H and O–H groups in total. The molecule has 0 saturated carbocycles. The third-order valence-corrected chi connectivity index (χ3v) is 4.86. The van der Waals surface area contributed by atoms with E-state index >= 15 is 0 Å². The van der Waals surface area contributed by atoms with Crippen LogP contribution in [0.2, 0.25) is 0 Å². The molecule has 31 heavy (non-hydrogen) atoms. The van der Waals surface area contributed by atoms with Crippen LogP contribution in [0.15, 0.2) is 53.5 Å². The summed E-state index contributed by atoms with van der Waals surface area (Å²) >= 11 is 0. The number of halogens is 1. The van der Waals surface area contributed by atoms with Crippen molar-refractivity contribution in [2.24, 2.45) is 4.99 Å². The maximum atomic E-state index is 12.2. The second kappa shape index (κ2) is 12.4. The van der Waals surface area contributed by atoms with Gasteiger partial charge >= 0.3 is 0 Å². The number of benzene rings is 2. The van der Waals surface area contributed by atoms with E-state index in [9.17, 15) is 4.79 Å². The van der Waals surface area contributed by atoms with Crippen LogP contribution in [0.5, 0.6) is 11.5 Å². The molecule has 2 aromatic rings. The van der Waals surface area contributed by atoms with Crippen LogP contribution in [0.4, 0.5) is 5.69 Å². The molecule has 0 fully saturated rings. The zero-order valence-corrected chi connectivity index (χ0v) is 20.6. The molecule has 2 aromatic carbocycles.